The van der Waals surface area contributed by atoms with E-state index in [0.717, 1.165) is 31.9 Å². The summed E-state index contributed by atoms with van der Waals surface area (Å²) in [6.07, 6.45) is 3.93. The first kappa shape index (κ1) is 14.4. The first-order valence-corrected chi connectivity index (χ1v) is 7.41. The number of likely N-dealkylation sites (N-methyl/N-ethyl adjacent to an activating group) is 1. The molecule has 0 aliphatic heterocycles. The van der Waals surface area contributed by atoms with Crippen molar-refractivity contribution >= 4 is 0 Å². The number of nitrogens with one attached hydrogen (secondary N) is 1. The van der Waals surface area contributed by atoms with E-state index < -0.39 is 0 Å². The number of ether oxygens (including phenoxy) is 2. The van der Waals surface area contributed by atoms with Gasteiger partial charge >= 0.3 is 0 Å². The Morgan fingerprint density at radius 1 is 1.21 bits per heavy atom. The summed E-state index contributed by atoms with van der Waals surface area (Å²) in [6.45, 7) is 6.75. The molecule has 3 heteroatoms. The van der Waals surface area contributed by atoms with Crippen molar-refractivity contribution in [2.24, 2.45) is 0 Å². The summed E-state index contributed by atoms with van der Waals surface area (Å²) in [6, 6.07) is 8.68. The molecule has 0 spiro atoms. The van der Waals surface area contributed by atoms with Crippen molar-refractivity contribution in [1.29, 1.82) is 0 Å². The molecule has 1 aromatic carbocycles. The third-order valence-electron chi connectivity index (χ3n) is 3.19. The van der Waals surface area contributed by atoms with E-state index in [1.54, 1.807) is 0 Å². The van der Waals surface area contributed by atoms with E-state index in [9.17, 15) is 0 Å². The first-order valence-electron chi connectivity index (χ1n) is 7.41. The first-order chi connectivity index (χ1) is 9.33. The average molecular weight is 263 g/mol. The fourth-order valence-corrected chi connectivity index (χ4v) is 2.02. The van der Waals surface area contributed by atoms with Gasteiger partial charge in [-0.2, -0.15) is 0 Å². The van der Waals surface area contributed by atoms with Gasteiger partial charge in [-0.15, -0.1) is 0 Å². The van der Waals surface area contributed by atoms with Crippen LogP contribution < -0.4 is 10.1 Å². The Labute approximate surface area is 116 Å². The van der Waals surface area contributed by atoms with Gasteiger partial charge < -0.3 is 14.8 Å². The molecular formula is C16H25NO2. The van der Waals surface area contributed by atoms with Crippen LogP contribution in [0.25, 0.3) is 0 Å². The Morgan fingerprint density at radius 3 is 2.53 bits per heavy atom. The third-order valence-corrected chi connectivity index (χ3v) is 3.19. The van der Waals surface area contributed by atoms with E-state index in [1.807, 2.05) is 0 Å². The van der Waals surface area contributed by atoms with E-state index >= 15 is 0 Å². The molecule has 0 saturated heterocycles. The topological polar surface area (TPSA) is 30.5 Å². The monoisotopic (exact) mass is 263 g/mol. The van der Waals surface area contributed by atoms with Gasteiger partial charge in [-0.05, 0) is 43.5 Å². The molecule has 2 rings (SSSR count). The maximum Gasteiger partial charge on any atom is 0.119 e. The van der Waals surface area contributed by atoms with E-state index in [4.69, 9.17) is 9.47 Å². The highest BCUT2D eigenvalue weighted by atomic mass is 16.5. The Kier molecular flexibility index (Phi) is 5.67. The quantitative estimate of drug-likeness (QED) is 0.693. The number of benzene rings is 1. The normalized spacial score (nSPS) is 16.3. The van der Waals surface area contributed by atoms with Gasteiger partial charge in [-0.3, -0.25) is 0 Å². The van der Waals surface area contributed by atoms with Crippen molar-refractivity contribution < 1.29 is 9.47 Å². The van der Waals surface area contributed by atoms with Crippen LogP contribution in [0.3, 0.4) is 0 Å². The summed E-state index contributed by atoms with van der Waals surface area (Å²) >= 11 is 0. The lowest BCUT2D eigenvalue weighted by Gasteiger charge is -2.18. The molecule has 1 aliphatic rings. The van der Waals surface area contributed by atoms with Crippen LogP contribution in [0, 0.1) is 0 Å². The van der Waals surface area contributed by atoms with Crippen LogP contribution in [0.2, 0.25) is 0 Å². The van der Waals surface area contributed by atoms with Gasteiger partial charge in [-0.1, -0.05) is 26.0 Å². The highest BCUT2D eigenvalue weighted by Gasteiger charge is 2.23. The Balaban J connectivity index is 1.90. The standard InChI is InChI=1S/C16H25NO2/c1-3-11-18-12-16(17-4-2)13-5-7-14(8-6-13)19-15-9-10-15/h5-8,15-17H,3-4,9-12H2,1-2H3. The van der Waals surface area contributed by atoms with Crippen LogP contribution in [0.4, 0.5) is 0 Å². The second-order valence-corrected chi connectivity index (χ2v) is 5.07. The number of rotatable bonds is 9. The molecule has 0 radical (unpaired) electrons. The average Bonchev–Trinajstić information content (AvgIpc) is 3.23. The Bertz CT molecular complexity index is 360. The molecule has 0 heterocycles. The smallest absolute Gasteiger partial charge is 0.119 e. The van der Waals surface area contributed by atoms with Crippen molar-refractivity contribution in [3.8, 4) is 5.75 Å². The second kappa shape index (κ2) is 7.51. The fraction of sp³-hybridized carbons (Fsp3) is 0.625. The van der Waals surface area contributed by atoms with Crippen LogP contribution in [0.5, 0.6) is 5.75 Å². The van der Waals surface area contributed by atoms with Crippen LogP contribution >= 0.6 is 0 Å². The second-order valence-electron chi connectivity index (χ2n) is 5.07. The van der Waals surface area contributed by atoms with Gasteiger partial charge in [0.05, 0.1) is 18.8 Å². The number of hydrogen-bond donors (Lipinski definition) is 1. The molecule has 0 aromatic heterocycles. The maximum absolute atomic E-state index is 5.77. The Hall–Kier alpha value is -1.06. The third kappa shape index (κ3) is 4.84. The lowest BCUT2D eigenvalue weighted by atomic mass is 10.1. The van der Waals surface area contributed by atoms with Crippen molar-refractivity contribution in [2.75, 3.05) is 19.8 Å². The van der Waals surface area contributed by atoms with Gasteiger partial charge in [0.25, 0.3) is 0 Å². The summed E-state index contributed by atoms with van der Waals surface area (Å²) < 4.78 is 11.4. The minimum absolute atomic E-state index is 0.270. The molecule has 1 aliphatic carbocycles. The van der Waals surface area contributed by atoms with Gasteiger partial charge in [-0.25, -0.2) is 0 Å². The lowest BCUT2D eigenvalue weighted by Crippen LogP contribution is -2.25. The van der Waals surface area contributed by atoms with Crippen LogP contribution in [-0.2, 0) is 4.74 Å². The molecule has 1 unspecified atom stereocenters. The number of hydrogen-bond acceptors (Lipinski definition) is 3. The van der Waals surface area contributed by atoms with E-state index in [-0.39, 0.29) is 6.04 Å². The largest absolute Gasteiger partial charge is 0.490 e. The predicted molar refractivity (Wildman–Crippen MR) is 77.6 cm³/mol. The van der Waals surface area contributed by atoms with Gasteiger partial charge in [0.15, 0.2) is 0 Å². The highest BCUT2D eigenvalue weighted by Crippen LogP contribution is 2.27. The van der Waals surface area contributed by atoms with Crippen LogP contribution in [0.1, 0.15) is 44.7 Å². The maximum atomic E-state index is 5.77. The molecule has 1 N–H and O–H groups in total. The van der Waals surface area contributed by atoms with Crippen molar-refractivity contribution in [2.45, 2.75) is 45.3 Å². The van der Waals surface area contributed by atoms with E-state index in [0.29, 0.717) is 6.10 Å². The van der Waals surface area contributed by atoms with Crippen molar-refractivity contribution in [3.05, 3.63) is 29.8 Å². The van der Waals surface area contributed by atoms with Gasteiger partial charge in [0.2, 0.25) is 0 Å². The van der Waals surface area contributed by atoms with Crippen molar-refractivity contribution in [1.82, 2.24) is 5.32 Å². The van der Waals surface area contributed by atoms with Crippen LogP contribution in [-0.4, -0.2) is 25.9 Å². The van der Waals surface area contributed by atoms with Gasteiger partial charge in [0, 0.05) is 6.61 Å². The van der Waals surface area contributed by atoms with Gasteiger partial charge in [0.1, 0.15) is 5.75 Å². The summed E-state index contributed by atoms with van der Waals surface area (Å²) in [7, 11) is 0. The molecule has 1 aromatic rings. The molecule has 106 valence electrons. The summed E-state index contributed by atoms with van der Waals surface area (Å²) in [5, 5.41) is 3.46. The summed E-state index contributed by atoms with van der Waals surface area (Å²) in [5.74, 6) is 0.982. The fourth-order valence-electron chi connectivity index (χ4n) is 2.02. The molecular weight excluding hydrogens is 238 g/mol. The Morgan fingerprint density at radius 2 is 1.95 bits per heavy atom. The van der Waals surface area contributed by atoms with E-state index in [1.165, 1.54) is 18.4 Å². The minimum Gasteiger partial charge on any atom is -0.490 e. The molecule has 0 bridgehead atoms. The van der Waals surface area contributed by atoms with E-state index in [2.05, 4.69) is 43.4 Å². The minimum atomic E-state index is 0.270. The molecule has 3 nitrogen and oxygen atoms in total. The zero-order valence-corrected chi connectivity index (χ0v) is 12.0. The summed E-state index contributed by atoms with van der Waals surface area (Å²) in [5.41, 5.74) is 1.26. The highest BCUT2D eigenvalue weighted by molar-refractivity contribution is 5.29. The molecule has 0 amide bonds. The zero-order chi connectivity index (χ0) is 13.5. The van der Waals surface area contributed by atoms with Crippen molar-refractivity contribution in [3.63, 3.8) is 0 Å². The zero-order valence-electron chi connectivity index (χ0n) is 12.0. The van der Waals surface area contributed by atoms with Crippen LogP contribution in [0.15, 0.2) is 24.3 Å². The lowest BCUT2D eigenvalue weighted by molar-refractivity contribution is 0.112. The molecule has 1 atom stereocenters. The molecule has 1 saturated carbocycles. The summed E-state index contributed by atoms with van der Waals surface area (Å²) in [4.78, 5) is 0. The SMILES string of the molecule is CCCOCC(NCC)c1ccc(OC2CC2)cc1. The molecule has 19 heavy (non-hydrogen) atoms. The molecule has 1 fully saturated rings. The predicted octanol–water partition coefficient (Wildman–Crippen LogP) is 3.31.